The quantitative estimate of drug-likeness (QED) is 0.595. The molecule has 1 aromatic rings. The summed E-state index contributed by atoms with van der Waals surface area (Å²) in [5.74, 6) is -0.378. The van der Waals surface area contributed by atoms with Crippen LogP contribution in [0.5, 0.6) is 11.5 Å². The molecule has 0 radical (unpaired) electrons. The third-order valence-electron chi connectivity index (χ3n) is 2.97. The zero-order chi connectivity index (χ0) is 12.5. The lowest BCUT2D eigenvalue weighted by Crippen LogP contribution is -2.07. The molecule has 0 aromatic heterocycles. The van der Waals surface area contributed by atoms with Crippen LogP contribution >= 0.6 is 0 Å². The number of benzene rings is 1. The molecule has 17 heavy (non-hydrogen) atoms. The molecule has 0 saturated heterocycles. The predicted octanol–water partition coefficient (Wildman–Crippen LogP) is 2.17. The highest BCUT2D eigenvalue weighted by atomic mass is 19.1. The summed E-state index contributed by atoms with van der Waals surface area (Å²) in [4.78, 5) is 14.1. The molecule has 2 rings (SSSR count). The van der Waals surface area contributed by atoms with E-state index in [0.717, 1.165) is 0 Å². The molecule has 1 aromatic carbocycles. The van der Waals surface area contributed by atoms with Gasteiger partial charge in [-0.2, -0.15) is 9.38 Å². The first-order valence-electron chi connectivity index (χ1n) is 5.18. The average Bonchev–Trinajstić information content (AvgIpc) is 3.10. The van der Waals surface area contributed by atoms with Crippen molar-refractivity contribution in [3.8, 4) is 11.5 Å². The van der Waals surface area contributed by atoms with Crippen molar-refractivity contribution in [1.29, 1.82) is 0 Å². The zero-order valence-electron chi connectivity index (χ0n) is 9.62. The van der Waals surface area contributed by atoms with Gasteiger partial charge in [0.05, 0.1) is 14.2 Å². The molecule has 1 aliphatic carbocycles. The summed E-state index contributed by atoms with van der Waals surface area (Å²) in [6.45, 7) is 0. The van der Waals surface area contributed by atoms with Crippen LogP contribution in [0, 0.1) is 5.82 Å². The van der Waals surface area contributed by atoms with Gasteiger partial charge in [0.25, 0.3) is 0 Å². The molecule has 0 amide bonds. The van der Waals surface area contributed by atoms with Gasteiger partial charge in [0.15, 0.2) is 11.5 Å². The lowest BCUT2D eigenvalue weighted by molar-refractivity contribution is 0.344. The number of rotatable bonds is 4. The molecule has 5 heteroatoms. The first-order chi connectivity index (χ1) is 8.18. The van der Waals surface area contributed by atoms with E-state index >= 15 is 0 Å². The van der Waals surface area contributed by atoms with Crippen molar-refractivity contribution in [2.45, 2.75) is 18.4 Å². The average molecular weight is 237 g/mol. The second-order valence-corrected chi connectivity index (χ2v) is 3.90. The normalized spacial score (nSPS) is 15.9. The summed E-state index contributed by atoms with van der Waals surface area (Å²) in [5.41, 5.74) is -0.0816. The molecule has 0 atom stereocenters. The van der Waals surface area contributed by atoms with Crippen LogP contribution in [0.1, 0.15) is 18.4 Å². The number of aliphatic imine (C=N–C) groups is 1. The number of ether oxygens (including phenoxy) is 2. The van der Waals surface area contributed by atoms with Gasteiger partial charge in [-0.25, -0.2) is 4.79 Å². The minimum absolute atomic E-state index is 0.0841. The molecule has 1 fully saturated rings. The van der Waals surface area contributed by atoms with E-state index in [1.54, 1.807) is 6.07 Å². The van der Waals surface area contributed by atoms with Crippen molar-refractivity contribution < 1.29 is 18.7 Å². The lowest BCUT2D eigenvalue weighted by Gasteiger charge is -2.15. The Bertz CT molecular complexity index is 491. The van der Waals surface area contributed by atoms with Gasteiger partial charge in [0.1, 0.15) is 5.54 Å². The Morgan fingerprint density at radius 2 is 2.06 bits per heavy atom. The van der Waals surface area contributed by atoms with Gasteiger partial charge in [-0.05, 0) is 25.0 Å². The number of hydrogen-bond acceptors (Lipinski definition) is 4. The maximum atomic E-state index is 13.9. The van der Waals surface area contributed by atoms with E-state index in [-0.39, 0.29) is 11.5 Å². The van der Waals surface area contributed by atoms with Crippen LogP contribution < -0.4 is 9.47 Å². The molecule has 90 valence electrons. The van der Waals surface area contributed by atoms with Gasteiger partial charge in [-0.1, -0.05) is 0 Å². The second kappa shape index (κ2) is 4.18. The predicted molar refractivity (Wildman–Crippen MR) is 58.5 cm³/mol. The van der Waals surface area contributed by atoms with Crippen molar-refractivity contribution in [3.63, 3.8) is 0 Å². The largest absolute Gasteiger partial charge is 0.494 e. The first-order valence-corrected chi connectivity index (χ1v) is 5.18. The Kier molecular flexibility index (Phi) is 2.86. The summed E-state index contributed by atoms with van der Waals surface area (Å²) in [6.07, 6.45) is 2.93. The van der Waals surface area contributed by atoms with E-state index in [2.05, 4.69) is 4.99 Å². The summed E-state index contributed by atoms with van der Waals surface area (Å²) >= 11 is 0. The number of isocyanates is 1. The fraction of sp³-hybridized carbons (Fsp3) is 0.417. The molecule has 4 nitrogen and oxygen atoms in total. The van der Waals surface area contributed by atoms with E-state index in [1.165, 1.54) is 26.4 Å². The number of halogens is 1. The van der Waals surface area contributed by atoms with Crippen molar-refractivity contribution in [3.05, 3.63) is 23.5 Å². The van der Waals surface area contributed by atoms with Crippen LogP contribution in [-0.2, 0) is 10.3 Å². The minimum atomic E-state index is -0.653. The molecule has 1 aliphatic rings. The molecule has 0 unspecified atom stereocenters. The fourth-order valence-electron chi connectivity index (χ4n) is 1.91. The molecule has 1 saturated carbocycles. The molecule has 0 aliphatic heterocycles. The maximum absolute atomic E-state index is 13.9. The third kappa shape index (κ3) is 1.78. The van der Waals surface area contributed by atoms with Gasteiger partial charge in [0.2, 0.25) is 11.9 Å². The van der Waals surface area contributed by atoms with Crippen LogP contribution in [0.2, 0.25) is 0 Å². The van der Waals surface area contributed by atoms with E-state index in [0.29, 0.717) is 18.4 Å². The van der Waals surface area contributed by atoms with E-state index in [4.69, 9.17) is 9.47 Å². The Morgan fingerprint density at radius 3 is 2.53 bits per heavy atom. The summed E-state index contributed by atoms with van der Waals surface area (Å²) in [6, 6.07) is 3.18. The Balaban J connectivity index is 2.56. The topological polar surface area (TPSA) is 47.9 Å². The van der Waals surface area contributed by atoms with Gasteiger partial charge < -0.3 is 9.47 Å². The van der Waals surface area contributed by atoms with E-state index in [9.17, 15) is 9.18 Å². The minimum Gasteiger partial charge on any atom is -0.494 e. The standard InChI is InChI=1S/C12H12FNO3/c1-16-9-4-3-8(11(17-2)10(9)13)12(5-6-12)14-7-15/h3-4H,5-6H2,1-2H3. The molecule has 0 N–H and O–H groups in total. The van der Waals surface area contributed by atoms with Gasteiger partial charge in [-0.3, -0.25) is 0 Å². The smallest absolute Gasteiger partial charge is 0.235 e. The maximum Gasteiger partial charge on any atom is 0.235 e. The molecular formula is C12H12FNO3. The highest BCUT2D eigenvalue weighted by Gasteiger charge is 2.47. The highest BCUT2D eigenvalue weighted by molar-refractivity contribution is 5.51. The Labute approximate surface area is 98.1 Å². The third-order valence-corrected chi connectivity index (χ3v) is 2.97. The molecule has 0 spiro atoms. The van der Waals surface area contributed by atoms with Crippen molar-refractivity contribution in [2.24, 2.45) is 4.99 Å². The van der Waals surface area contributed by atoms with Crippen molar-refractivity contribution >= 4 is 6.08 Å². The van der Waals surface area contributed by atoms with Gasteiger partial charge in [-0.15, -0.1) is 0 Å². The fourth-order valence-corrected chi connectivity index (χ4v) is 1.91. The zero-order valence-corrected chi connectivity index (χ0v) is 9.62. The van der Waals surface area contributed by atoms with Crippen LogP contribution in [0.3, 0.4) is 0 Å². The SMILES string of the molecule is COc1ccc(C2(N=C=O)CC2)c(OC)c1F. The monoisotopic (exact) mass is 237 g/mol. The summed E-state index contributed by atoms with van der Waals surface area (Å²) in [7, 11) is 2.76. The lowest BCUT2D eigenvalue weighted by atomic mass is 10.0. The van der Waals surface area contributed by atoms with E-state index < -0.39 is 11.4 Å². The van der Waals surface area contributed by atoms with Crippen LogP contribution in [0.25, 0.3) is 0 Å². The van der Waals surface area contributed by atoms with Crippen molar-refractivity contribution in [2.75, 3.05) is 14.2 Å². The number of hydrogen-bond donors (Lipinski definition) is 0. The molecular weight excluding hydrogens is 225 g/mol. The number of methoxy groups -OCH3 is 2. The van der Waals surface area contributed by atoms with Gasteiger partial charge in [0, 0.05) is 5.56 Å². The van der Waals surface area contributed by atoms with E-state index in [1.807, 2.05) is 0 Å². The van der Waals surface area contributed by atoms with Crippen LogP contribution in [0.4, 0.5) is 4.39 Å². The highest BCUT2D eigenvalue weighted by Crippen LogP contribution is 2.53. The number of nitrogens with zero attached hydrogens (tertiary/aromatic N) is 1. The summed E-state index contributed by atoms with van der Waals surface area (Å²) < 4.78 is 23.9. The van der Waals surface area contributed by atoms with Crippen molar-refractivity contribution in [1.82, 2.24) is 0 Å². The Morgan fingerprint density at radius 1 is 1.35 bits per heavy atom. The Hall–Kier alpha value is -1.87. The van der Waals surface area contributed by atoms with Crippen LogP contribution in [0.15, 0.2) is 17.1 Å². The first kappa shape index (κ1) is 11.6. The number of carbonyl (C=O) groups excluding carboxylic acids is 1. The molecule has 0 heterocycles. The molecule has 0 bridgehead atoms. The van der Waals surface area contributed by atoms with Gasteiger partial charge >= 0.3 is 0 Å². The second-order valence-electron chi connectivity index (χ2n) is 3.90. The summed E-state index contributed by atoms with van der Waals surface area (Å²) in [5, 5.41) is 0. The van der Waals surface area contributed by atoms with Crippen LogP contribution in [-0.4, -0.2) is 20.3 Å².